The number of likely N-dealkylation sites (tertiary alicyclic amines) is 1. The van der Waals surface area contributed by atoms with Crippen molar-refractivity contribution in [3.8, 4) is 0 Å². The molecule has 5 nitrogen and oxygen atoms in total. The first-order valence-corrected chi connectivity index (χ1v) is 10.3. The van der Waals surface area contributed by atoms with E-state index in [9.17, 15) is 0 Å². The van der Waals surface area contributed by atoms with E-state index in [1.54, 1.807) is 7.11 Å². The van der Waals surface area contributed by atoms with Crippen molar-refractivity contribution in [3.63, 3.8) is 0 Å². The number of guanidine groups is 1. The lowest BCUT2D eigenvalue weighted by Crippen LogP contribution is -2.48. The van der Waals surface area contributed by atoms with E-state index in [2.05, 4.69) is 36.3 Å². The lowest BCUT2D eigenvalue weighted by atomic mass is 9.67. The third-order valence-electron chi connectivity index (χ3n) is 6.17. The maximum atomic E-state index is 5.30. The number of nitrogens with one attached hydrogen (secondary N) is 2. The van der Waals surface area contributed by atoms with Gasteiger partial charge in [0.2, 0.25) is 0 Å². The van der Waals surface area contributed by atoms with E-state index < -0.39 is 0 Å². The van der Waals surface area contributed by atoms with Crippen LogP contribution in [-0.2, 0) is 4.74 Å². The Labute approximate surface area is 155 Å². The quantitative estimate of drug-likeness (QED) is 0.495. The number of piperidine rings is 1. The Morgan fingerprint density at radius 3 is 2.56 bits per heavy atom. The molecule has 1 unspecified atom stereocenters. The number of methoxy groups -OCH3 is 1. The van der Waals surface area contributed by atoms with Gasteiger partial charge in [-0.2, -0.15) is 0 Å². The number of hydrogen-bond donors (Lipinski definition) is 2. The molecule has 2 N–H and O–H groups in total. The Morgan fingerprint density at radius 1 is 1.28 bits per heavy atom. The van der Waals surface area contributed by atoms with Crippen molar-refractivity contribution in [3.05, 3.63) is 0 Å². The van der Waals surface area contributed by atoms with Gasteiger partial charge in [0.25, 0.3) is 0 Å². The van der Waals surface area contributed by atoms with Gasteiger partial charge in [-0.05, 0) is 70.4 Å². The van der Waals surface area contributed by atoms with Gasteiger partial charge >= 0.3 is 0 Å². The Bertz CT molecular complexity index is 401. The molecule has 0 radical (unpaired) electrons. The lowest BCUT2D eigenvalue weighted by molar-refractivity contribution is 0.0778. The molecule has 1 saturated carbocycles. The minimum Gasteiger partial charge on any atom is -0.385 e. The molecular formula is C20H40N4O. The monoisotopic (exact) mass is 352 g/mol. The van der Waals surface area contributed by atoms with Gasteiger partial charge in [0, 0.05) is 39.4 Å². The van der Waals surface area contributed by atoms with E-state index >= 15 is 0 Å². The summed E-state index contributed by atoms with van der Waals surface area (Å²) >= 11 is 0. The summed E-state index contributed by atoms with van der Waals surface area (Å²) < 4.78 is 5.30. The molecular weight excluding hydrogens is 312 g/mol. The fourth-order valence-electron chi connectivity index (χ4n) is 3.91. The van der Waals surface area contributed by atoms with Crippen molar-refractivity contribution < 1.29 is 4.74 Å². The van der Waals surface area contributed by atoms with E-state index in [0.29, 0.717) is 11.5 Å². The number of nitrogens with zero attached hydrogens (tertiary/aromatic N) is 2. The molecule has 1 aliphatic carbocycles. The maximum Gasteiger partial charge on any atom is 0.191 e. The van der Waals surface area contributed by atoms with Crippen LogP contribution in [0.2, 0.25) is 0 Å². The average molecular weight is 353 g/mol. The number of hydrogen-bond acceptors (Lipinski definition) is 3. The summed E-state index contributed by atoms with van der Waals surface area (Å²) in [5.41, 5.74) is 0.382. The Hall–Kier alpha value is -0.810. The van der Waals surface area contributed by atoms with Gasteiger partial charge in [-0.15, -0.1) is 0 Å². The zero-order valence-electron chi connectivity index (χ0n) is 16.9. The van der Waals surface area contributed by atoms with Crippen LogP contribution in [-0.4, -0.2) is 63.3 Å². The Morgan fingerprint density at radius 2 is 2.00 bits per heavy atom. The van der Waals surface area contributed by atoms with Crippen LogP contribution < -0.4 is 10.6 Å². The second kappa shape index (κ2) is 10.4. The second-order valence-electron chi connectivity index (χ2n) is 8.24. The van der Waals surface area contributed by atoms with Gasteiger partial charge in [0.15, 0.2) is 5.96 Å². The van der Waals surface area contributed by atoms with Gasteiger partial charge in [0.05, 0.1) is 0 Å². The van der Waals surface area contributed by atoms with Gasteiger partial charge in [-0.25, -0.2) is 0 Å². The van der Waals surface area contributed by atoms with Crippen molar-refractivity contribution in [1.29, 1.82) is 0 Å². The van der Waals surface area contributed by atoms with Crippen molar-refractivity contribution in [1.82, 2.24) is 15.5 Å². The number of ether oxygens (including phenoxy) is 1. The third kappa shape index (κ3) is 6.45. The smallest absolute Gasteiger partial charge is 0.191 e. The topological polar surface area (TPSA) is 48.9 Å². The predicted octanol–water partition coefficient (Wildman–Crippen LogP) is 2.87. The second-order valence-corrected chi connectivity index (χ2v) is 8.24. The van der Waals surface area contributed by atoms with Crippen molar-refractivity contribution in [2.75, 3.05) is 46.4 Å². The van der Waals surface area contributed by atoms with Gasteiger partial charge in [0.1, 0.15) is 0 Å². The first-order valence-electron chi connectivity index (χ1n) is 10.3. The van der Waals surface area contributed by atoms with Crippen LogP contribution in [0.25, 0.3) is 0 Å². The number of aliphatic imine (C=N–C) groups is 1. The van der Waals surface area contributed by atoms with Crippen molar-refractivity contribution in [2.45, 2.75) is 65.3 Å². The minimum atomic E-state index is 0.382. The van der Waals surface area contributed by atoms with Crippen LogP contribution in [0.4, 0.5) is 0 Å². The van der Waals surface area contributed by atoms with Crippen LogP contribution in [0, 0.1) is 11.3 Å². The highest BCUT2D eigenvalue weighted by Crippen LogP contribution is 2.44. The molecule has 0 bridgehead atoms. The average Bonchev–Trinajstić information content (AvgIpc) is 2.58. The molecule has 146 valence electrons. The van der Waals surface area contributed by atoms with E-state index in [4.69, 9.17) is 9.73 Å². The van der Waals surface area contributed by atoms with Crippen LogP contribution in [0.1, 0.15) is 59.3 Å². The standard InChI is InChI=1S/C20H40N4O/c1-5-21-19(23-16-20(9-6-10-20)11-14-25-4)22-15-18(3)24-12-7-17(2)8-13-24/h17-18H,5-16H2,1-4H3,(H2,21,22,23). The summed E-state index contributed by atoms with van der Waals surface area (Å²) in [6.07, 6.45) is 7.73. The van der Waals surface area contributed by atoms with E-state index in [1.165, 1.54) is 45.2 Å². The molecule has 2 rings (SSSR count). The molecule has 1 saturated heterocycles. The van der Waals surface area contributed by atoms with Gasteiger partial charge < -0.3 is 15.4 Å². The minimum absolute atomic E-state index is 0.382. The maximum absolute atomic E-state index is 5.30. The molecule has 0 aromatic rings. The fourth-order valence-corrected chi connectivity index (χ4v) is 3.91. The van der Waals surface area contributed by atoms with Crippen LogP contribution in [0.15, 0.2) is 4.99 Å². The SMILES string of the molecule is CCNC(=NCC1(CCOC)CCC1)NCC(C)N1CCC(C)CC1. The molecule has 1 heterocycles. The summed E-state index contributed by atoms with van der Waals surface area (Å²) in [7, 11) is 1.80. The highest BCUT2D eigenvalue weighted by Gasteiger charge is 2.36. The molecule has 25 heavy (non-hydrogen) atoms. The van der Waals surface area contributed by atoms with Gasteiger partial charge in [-0.1, -0.05) is 13.3 Å². The largest absolute Gasteiger partial charge is 0.385 e. The summed E-state index contributed by atoms with van der Waals surface area (Å²) in [5.74, 6) is 1.87. The Kier molecular flexibility index (Phi) is 8.50. The summed E-state index contributed by atoms with van der Waals surface area (Å²) in [4.78, 5) is 7.52. The van der Waals surface area contributed by atoms with Crippen LogP contribution in [0.3, 0.4) is 0 Å². The highest BCUT2D eigenvalue weighted by molar-refractivity contribution is 5.79. The molecule has 0 amide bonds. The Balaban J connectivity index is 1.80. The van der Waals surface area contributed by atoms with E-state index in [1.807, 2.05) is 0 Å². The summed E-state index contributed by atoms with van der Waals surface area (Å²) in [6.45, 7) is 12.9. The van der Waals surface area contributed by atoms with Crippen molar-refractivity contribution in [2.24, 2.45) is 16.3 Å². The molecule has 5 heteroatoms. The summed E-state index contributed by atoms with van der Waals surface area (Å²) in [5, 5.41) is 6.99. The van der Waals surface area contributed by atoms with Crippen LogP contribution >= 0.6 is 0 Å². The highest BCUT2D eigenvalue weighted by atomic mass is 16.5. The van der Waals surface area contributed by atoms with Crippen molar-refractivity contribution >= 4 is 5.96 Å². The molecule has 0 aromatic heterocycles. The third-order valence-corrected chi connectivity index (χ3v) is 6.17. The zero-order valence-corrected chi connectivity index (χ0v) is 16.9. The number of rotatable bonds is 9. The van der Waals surface area contributed by atoms with Gasteiger partial charge in [-0.3, -0.25) is 9.89 Å². The molecule has 0 aromatic carbocycles. The summed E-state index contributed by atoms with van der Waals surface area (Å²) in [6, 6.07) is 0.558. The van der Waals surface area contributed by atoms with E-state index in [0.717, 1.165) is 44.5 Å². The first kappa shape index (κ1) is 20.5. The molecule has 1 atom stereocenters. The molecule has 2 aliphatic rings. The predicted molar refractivity (Wildman–Crippen MR) is 106 cm³/mol. The first-order chi connectivity index (χ1) is 12.1. The molecule has 2 fully saturated rings. The van der Waals surface area contributed by atoms with Crippen LogP contribution in [0.5, 0.6) is 0 Å². The zero-order chi connectivity index (χ0) is 18.1. The normalized spacial score (nSPS) is 23.1. The van der Waals surface area contributed by atoms with E-state index in [-0.39, 0.29) is 0 Å². The fraction of sp³-hybridized carbons (Fsp3) is 0.950. The lowest BCUT2D eigenvalue weighted by Gasteiger charge is -2.41. The molecule has 0 spiro atoms. The molecule has 1 aliphatic heterocycles.